The van der Waals surface area contributed by atoms with E-state index in [4.69, 9.17) is 5.11 Å². The summed E-state index contributed by atoms with van der Waals surface area (Å²) < 4.78 is 0. The fourth-order valence-electron chi connectivity index (χ4n) is 2.14. The molecule has 0 aromatic rings. The van der Waals surface area contributed by atoms with Crippen LogP contribution in [-0.2, 0) is 0 Å². The van der Waals surface area contributed by atoms with Crippen molar-refractivity contribution in [2.24, 2.45) is 0 Å². The van der Waals surface area contributed by atoms with Gasteiger partial charge >= 0.3 is 0 Å². The quantitative estimate of drug-likeness (QED) is 0.735. The standard InChI is InChI=1S/C10H19NO2S2/c12-8-10(13)1-2-11(7-10)9-5-14-3-4-15-6-9/h9,12-13H,1-8H2. The highest BCUT2D eigenvalue weighted by molar-refractivity contribution is 8.03. The topological polar surface area (TPSA) is 43.7 Å². The maximum absolute atomic E-state index is 9.97. The molecule has 2 fully saturated rings. The molecule has 2 heterocycles. The number of likely N-dealkylation sites (tertiary alicyclic amines) is 1. The molecule has 3 nitrogen and oxygen atoms in total. The van der Waals surface area contributed by atoms with E-state index in [0.29, 0.717) is 12.6 Å². The molecule has 2 saturated heterocycles. The summed E-state index contributed by atoms with van der Waals surface area (Å²) in [5.41, 5.74) is -0.832. The largest absolute Gasteiger partial charge is 0.393 e. The first-order valence-electron chi connectivity index (χ1n) is 5.46. The van der Waals surface area contributed by atoms with Crippen molar-refractivity contribution in [1.29, 1.82) is 0 Å². The molecule has 0 aliphatic carbocycles. The highest BCUT2D eigenvalue weighted by Gasteiger charge is 2.38. The lowest BCUT2D eigenvalue weighted by Gasteiger charge is -2.27. The van der Waals surface area contributed by atoms with Crippen LogP contribution >= 0.6 is 23.5 Å². The molecule has 1 atom stereocenters. The first-order chi connectivity index (χ1) is 7.23. The summed E-state index contributed by atoms with van der Waals surface area (Å²) in [5, 5.41) is 19.1. The third kappa shape index (κ3) is 3.03. The van der Waals surface area contributed by atoms with E-state index in [1.807, 2.05) is 23.5 Å². The summed E-state index contributed by atoms with van der Waals surface area (Å²) in [5.74, 6) is 4.85. The smallest absolute Gasteiger partial charge is 0.102 e. The minimum absolute atomic E-state index is 0.101. The Morgan fingerprint density at radius 1 is 1.27 bits per heavy atom. The summed E-state index contributed by atoms with van der Waals surface area (Å²) in [4.78, 5) is 2.35. The van der Waals surface area contributed by atoms with Crippen LogP contribution in [0.5, 0.6) is 0 Å². The molecule has 0 aromatic heterocycles. The number of hydrogen-bond donors (Lipinski definition) is 2. The van der Waals surface area contributed by atoms with E-state index in [-0.39, 0.29) is 6.61 Å². The minimum Gasteiger partial charge on any atom is -0.393 e. The Morgan fingerprint density at radius 3 is 2.47 bits per heavy atom. The van der Waals surface area contributed by atoms with Gasteiger partial charge in [0.1, 0.15) is 5.60 Å². The summed E-state index contributed by atoms with van der Waals surface area (Å²) >= 11 is 4.02. The second-order valence-corrected chi connectivity index (χ2v) is 6.71. The van der Waals surface area contributed by atoms with Crippen LogP contribution in [0.2, 0.25) is 0 Å². The summed E-state index contributed by atoms with van der Waals surface area (Å²) in [7, 11) is 0. The van der Waals surface area contributed by atoms with E-state index in [2.05, 4.69) is 4.90 Å². The van der Waals surface area contributed by atoms with Crippen LogP contribution in [0.1, 0.15) is 6.42 Å². The predicted molar refractivity (Wildman–Crippen MR) is 66.7 cm³/mol. The van der Waals surface area contributed by atoms with Crippen LogP contribution in [0.25, 0.3) is 0 Å². The molecule has 2 aliphatic rings. The van der Waals surface area contributed by atoms with Gasteiger partial charge in [0.15, 0.2) is 0 Å². The van der Waals surface area contributed by atoms with Gasteiger partial charge in [-0.15, -0.1) is 0 Å². The van der Waals surface area contributed by atoms with Gasteiger partial charge in [-0.2, -0.15) is 23.5 Å². The van der Waals surface area contributed by atoms with Crippen LogP contribution in [0.4, 0.5) is 0 Å². The first kappa shape index (κ1) is 12.0. The minimum atomic E-state index is -0.832. The lowest BCUT2D eigenvalue weighted by molar-refractivity contribution is -0.00710. The Kier molecular flexibility index (Phi) is 4.24. The van der Waals surface area contributed by atoms with E-state index in [9.17, 15) is 5.11 Å². The average Bonchev–Trinajstić information content (AvgIpc) is 2.50. The number of β-amino-alcohol motifs (C(OH)–C–C–N with tert-alkyl or cyclic N) is 1. The zero-order valence-corrected chi connectivity index (χ0v) is 10.5. The number of aliphatic hydroxyl groups excluding tert-OH is 1. The molecule has 0 bridgehead atoms. The van der Waals surface area contributed by atoms with Crippen molar-refractivity contribution in [2.45, 2.75) is 18.1 Å². The lowest BCUT2D eigenvalue weighted by Crippen LogP contribution is -2.42. The fourth-order valence-corrected chi connectivity index (χ4v) is 4.77. The highest BCUT2D eigenvalue weighted by atomic mass is 32.2. The van der Waals surface area contributed by atoms with E-state index in [1.54, 1.807) is 0 Å². The molecule has 2 rings (SSSR count). The van der Waals surface area contributed by atoms with Crippen LogP contribution < -0.4 is 0 Å². The molecule has 0 spiro atoms. The summed E-state index contributed by atoms with van der Waals surface area (Å²) in [6.07, 6.45) is 0.718. The van der Waals surface area contributed by atoms with Crippen molar-refractivity contribution in [3.05, 3.63) is 0 Å². The second kappa shape index (κ2) is 5.27. The van der Waals surface area contributed by atoms with E-state index in [0.717, 1.165) is 13.0 Å². The molecular weight excluding hydrogens is 230 g/mol. The SMILES string of the molecule is OCC1(O)CCN(C2CSCCSC2)C1. The molecule has 0 amide bonds. The van der Waals surface area contributed by atoms with Gasteiger partial charge in [0.2, 0.25) is 0 Å². The second-order valence-electron chi connectivity index (χ2n) is 4.41. The van der Waals surface area contributed by atoms with Crippen molar-refractivity contribution in [3.8, 4) is 0 Å². The Hall–Kier alpha value is 0.580. The number of hydrogen-bond acceptors (Lipinski definition) is 5. The van der Waals surface area contributed by atoms with Gasteiger partial charge in [-0.3, -0.25) is 4.90 Å². The highest BCUT2D eigenvalue weighted by Crippen LogP contribution is 2.27. The Balaban J connectivity index is 1.88. The maximum Gasteiger partial charge on any atom is 0.102 e. The predicted octanol–water partition coefficient (Wildman–Crippen LogP) is 0.264. The normalized spacial score (nSPS) is 35.6. The monoisotopic (exact) mass is 249 g/mol. The first-order valence-corrected chi connectivity index (χ1v) is 7.77. The number of aliphatic hydroxyl groups is 2. The zero-order chi connectivity index (χ0) is 10.7. The Morgan fingerprint density at radius 2 is 1.93 bits per heavy atom. The molecule has 2 N–H and O–H groups in total. The molecule has 0 radical (unpaired) electrons. The van der Waals surface area contributed by atoms with Crippen molar-refractivity contribution < 1.29 is 10.2 Å². The van der Waals surface area contributed by atoms with Gasteiger partial charge in [0, 0.05) is 42.1 Å². The van der Waals surface area contributed by atoms with E-state index in [1.165, 1.54) is 23.0 Å². The third-order valence-corrected chi connectivity index (χ3v) is 5.65. The summed E-state index contributed by atoms with van der Waals surface area (Å²) in [6.45, 7) is 1.48. The van der Waals surface area contributed by atoms with Gasteiger partial charge in [0.25, 0.3) is 0 Å². The fraction of sp³-hybridized carbons (Fsp3) is 1.00. The van der Waals surface area contributed by atoms with Gasteiger partial charge in [-0.25, -0.2) is 0 Å². The van der Waals surface area contributed by atoms with E-state index < -0.39 is 5.60 Å². The molecule has 0 aromatic carbocycles. The molecule has 0 saturated carbocycles. The van der Waals surface area contributed by atoms with Gasteiger partial charge in [-0.1, -0.05) is 0 Å². The van der Waals surface area contributed by atoms with Crippen LogP contribution in [-0.4, -0.2) is 69.5 Å². The molecule has 15 heavy (non-hydrogen) atoms. The molecular formula is C10H19NO2S2. The molecule has 1 unspecified atom stereocenters. The van der Waals surface area contributed by atoms with Crippen molar-refractivity contribution in [3.63, 3.8) is 0 Å². The number of rotatable bonds is 2. The number of thioether (sulfide) groups is 2. The summed E-state index contributed by atoms with van der Waals surface area (Å²) in [6, 6.07) is 0.586. The maximum atomic E-state index is 9.97. The van der Waals surface area contributed by atoms with Crippen LogP contribution in [0, 0.1) is 0 Å². The lowest BCUT2D eigenvalue weighted by atomic mass is 10.1. The van der Waals surface area contributed by atoms with Crippen LogP contribution in [0.15, 0.2) is 0 Å². The number of nitrogens with zero attached hydrogens (tertiary/aromatic N) is 1. The molecule has 5 heteroatoms. The molecule has 2 aliphatic heterocycles. The molecule has 88 valence electrons. The van der Waals surface area contributed by atoms with Crippen molar-refractivity contribution in [2.75, 3.05) is 42.7 Å². The van der Waals surface area contributed by atoms with Gasteiger partial charge in [-0.05, 0) is 6.42 Å². The van der Waals surface area contributed by atoms with Crippen LogP contribution in [0.3, 0.4) is 0 Å². The van der Waals surface area contributed by atoms with E-state index >= 15 is 0 Å². The van der Waals surface area contributed by atoms with Gasteiger partial charge in [0.05, 0.1) is 6.61 Å². The zero-order valence-electron chi connectivity index (χ0n) is 8.89. The van der Waals surface area contributed by atoms with Crippen molar-refractivity contribution >= 4 is 23.5 Å². The van der Waals surface area contributed by atoms with Gasteiger partial charge < -0.3 is 10.2 Å². The Bertz CT molecular complexity index is 210. The van der Waals surface area contributed by atoms with Crippen molar-refractivity contribution in [1.82, 2.24) is 4.90 Å². The third-order valence-electron chi connectivity index (χ3n) is 3.16. The average molecular weight is 249 g/mol. The Labute approximate surface area is 99.6 Å².